The van der Waals surface area contributed by atoms with Crippen molar-refractivity contribution in [2.24, 2.45) is 0 Å². The van der Waals surface area contributed by atoms with Crippen molar-refractivity contribution in [3.05, 3.63) is 29.6 Å². The molecule has 1 aliphatic heterocycles. The summed E-state index contributed by atoms with van der Waals surface area (Å²) in [5.74, 6) is 0. The topological polar surface area (TPSA) is 28.2 Å². The molecule has 0 saturated carbocycles. The van der Waals surface area contributed by atoms with Gasteiger partial charge in [0.2, 0.25) is 0 Å². The van der Waals surface area contributed by atoms with E-state index < -0.39 is 0 Å². The van der Waals surface area contributed by atoms with Crippen LogP contribution in [0.5, 0.6) is 0 Å². The highest BCUT2D eigenvalue weighted by atomic mass is 15.3. The summed E-state index contributed by atoms with van der Waals surface area (Å²) in [5, 5.41) is 3.73. The summed E-state index contributed by atoms with van der Waals surface area (Å²) < 4.78 is 0. The normalized spacial score (nSPS) is 27.7. The number of rotatable bonds is 5. The number of hydrogen-bond donors (Lipinski definition) is 1. The van der Waals surface area contributed by atoms with Crippen molar-refractivity contribution in [2.45, 2.75) is 65.1 Å². The number of aryl methyl sites for hydroxylation is 1. The molecule has 0 radical (unpaired) electrons. The summed E-state index contributed by atoms with van der Waals surface area (Å²) in [7, 11) is 0. The van der Waals surface area contributed by atoms with Gasteiger partial charge in [-0.2, -0.15) is 0 Å². The van der Waals surface area contributed by atoms with Gasteiger partial charge in [-0.05, 0) is 37.8 Å². The van der Waals surface area contributed by atoms with Crippen molar-refractivity contribution in [3.63, 3.8) is 0 Å². The van der Waals surface area contributed by atoms with Crippen molar-refractivity contribution in [2.75, 3.05) is 13.1 Å². The lowest BCUT2D eigenvalue weighted by Gasteiger charge is -2.48. The van der Waals surface area contributed by atoms with Crippen LogP contribution in [0.15, 0.2) is 18.5 Å². The van der Waals surface area contributed by atoms with Gasteiger partial charge in [0.05, 0.1) is 0 Å². The van der Waals surface area contributed by atoms with E-state index in [9.17, 15) is 0 Å². The molecule has 0 amide bonds. The highest BCUT2D eigenvalue weighted by Gasteiger charge is 2.35. The average Bonchev–Trinajstić information content (AvgIpc) is 2.43. The zero-order chi connectivity index (χ0) is 14.6. The van der Waals surface area contributed by atoms with Crippen LogP contribution in [-0.4, -0.2) is 34.6 Å². The molecule has 2 atom stereocenters. The van der Waals surface area contributed by atoms with Gasteiger partial charge in [-0.3, -0.25) is 9.88 Å². The fourth-order valence-electron chi connectivity index (χ4n) is 3.10. The summed E-state index contributed by atoms with van der Waals surface area (Å²) >= 11 is 0. The summed E-state index contributed by atoms with van der Waals surface area (Å²) in [5.41, 5.74) is 2.84. The predicted molar refractivity (Wildman–Crippen MR) is 84.8 cm³/mol. The molecule has 2 rings (SSSR count). The van der Waals surface area contributed by atoms with Crippen LogP contribution in [0, 0.1) is 6.92 Å². The van der Waals surface area contributed by atoms with Crippen LogP contribution >= 0.6 is 0 Å². The third-order valence-electron chi connectivity index (χ3n) is 4.68. The van der Waals surface area contributed by atoms with E-state index in [2.05, 4.69) is 49.0 Å². The van der Waals surface area contributed by atoms with E-state index in [1.165, 1.54) is 30.4 Å². The van der Waals surface area contributed by atoms with Crippen LogP contribution < -0.4 is 5.32 Å². The minimum absolute atomic E-state index is 0.258. The second-order valence-corrected chi connectivity index (χ2v) is 6.47. The van der Waals surface area contributed by atoms with E-state index >= 15 is 0 Å². The fourth-order valence-corrected chi connectivity index (χ4v) is 3.10. The van der Waals surface area contributed by atoms with E-state index in [1.54, 1.807) is 0 Å². The van der Waals surface area contributed by atoms with Gasteiger partial charge in [-0.15, -0.1) is 0 Å². The minimum atomic E-state index is 0.258. The highest BCUT2D eigenvalue weighted by Crippen LogP contribution is 2.26. The van der Waals surface area contributed by atoms with Gasteiger partial charge in [-0.25, -0.2) is 0 Å². The third kappa shape index (κ3) is 3.58. The van der Waals surface area contributed by atoms with Gasteiger partial charge in [-0.1, -0.05) is 26.3 Å². The summed E-state index contributed by atoms with van der Waals surface area (Å²) in [4.78, 5) is 6.99. The third-order valence-corrected chi connectivity index (χ3v) is 4.68. The Morgan fingerprint density at radius 1 is 1.40 bits per heavy atom. The molecule has 1 aromatic heterocycles. The van der Waals surface area contributed by atoms with Crippen molar-refractivity contribution in [1.29, 1.82) is 0 Å². The van der Waals surface area contributed by atoms with Crippen LogP contribution in [0.3, 0.4) is 0 Å². The van der Waals surface area contributed by atoms with Crippen molar-refractivity contribution in [1.82, 2.24) is 15.2 Å². The molecule has 20 heavy (non-hydrogen) atoms. The number of nitrogens with one attached hydrogen (secondary N) is 1. The van der Waals surface area contributed by atoms with Gasteiger partial charge < -0.3 is 5.32 Å². The maximum Gasteiger partial charge on any atom is 0.0313 e. The number of aromatic nitrogens is 1. The number of piperazine rings is 1. The SMILES string of the molecule is CCCC1CN(Cc2cncc(C)c2)C(C)(CC)CN1. The quantitative estimate of drug-likeness (QED) is 0.895. The van der Waals surface area contributed by atoms with Gasteiger partial charge >= 0.3 is 0 Å². The van der Waals surface area contributed by atoms with Crippen LogP contribution in [0.1, 0.15) is 51.2 Å². The smallest absolute Gasteiger partial charge is 0.0313 e. The van der Waals surface area contributed by atoms with Crippen LogP contribution in [0.4, 0.5) is 0 Å². The van der Waals surface area contributed by atoms with Gasteiger partial charge in [0.15, 0.2) is 0 Å². The number of hydrogen-bond acceptors (Lipinski definition) is 3. The molecule has 1 aliphatic rings. The summed E-state index contributed by atoms with van der Waals surface area (Å²) in [6.45, 7) is 12.3. The second kappa shape index (κ2) is 6.68. The molecule has 1 aromatic rings. The Balaban J connectivity index is 2.11. The minimum Gasteiger partial charge on any atom is -0.311 e. The number of nitrogens with zero attached hydrogens (tertiary/aromatic N) is 2. The summed E-state index contributed by atoms with van der Waals surface area (Å²) in [6.07, 6.45) is 7.64. The molecule has 1 fully saturated rings. The molecule has 2 heterocycles. The molecule has 0 spiro atoms. The van der Waals surface area contributed by atoms with E-state index in [4.69, 9.17) is 0 Å². The lowest BCUT2D eigenvalue weighted by Crippen LogP contribution is -2.62. The van der Waals surface area contributed by atoms with Crippen LogP contribution in [0.25, 0.3) is 0 Å². The molecule has 0 aromatic carbocycles. The Hall–Kier alpha value is -0.930. The lowest BCUT2D eigenvalue weighted by atomic mass is 9.90. The summed E-state index contributed by atoms with van der Waals surface area (Å²) in [6, 6.07) is 2.90. The molecule has 0 bridgehead atoms. The Morgan fingerprint density at radius 2 is 2.20 bits per heavy atom. The highest BCUT2D eigenvalue weighted by molar-refractivity contribution is 5.17. The standard InChI is InChI=1S/C17H29N3/c1-5-7-16-12-20(17(4,6-2)13-19-16)11-15-8-14(3)9-18-10-15/h8-10,16,19H,5-7,11-13H2,1-4H3. The monoisotopic (exact) mass is 275 g/mol. The Morgan fingerprint density at radius 3 is 2.85 bits per heavy atom. The van der Waals surface area contributed by atoms with Crippen molar-refractivity contribution in [3.8, 4) is 0 Å². The molecule has 2 unspecified atom stereocenters. The van der Waals surface area contributed by atoms with Crippen molar-refractivity contribution < 1.29 is 0 Å². The zero-order valence-electron chi connectivity index (χ0n) is 13.4. The van der Waals surface area contributed by atoms with Crippen LogP contribution in [-0.2, 0) is 6.54 Å². The average molecular weight is 275 g/mol. The second-order valence-electron chi connectivity index (χ2n) is 6.47. The van der Waals surface area contributed by atoms with E-state index in [1.807, 2.05) is 12.4 Å². The van der Waals surface area contributed by atoms with Crippen molar-refractivity contribution >= 4 is 0 Å². The first kappa shape index (κ1) is 15.5. The zero-order valence-corrected chi connectivity index (χ0v) is 13.4. The molecule has 3 heteroatoms. The largest absolute Gasteiger partial charge is 0.311 e. The lowest BCUT2D eigenvalue weighted by molar-refractivity contribution is 0.0396. The molecule has 112 valence electrons. The molecular weight excluding hydrogens is 246 g/mol. The Labute approximate surface area is 123 Å². The van der Waals surface area contributed by atoms with Gasteiger partial charge in [0.1, 0.15) is 0 Å². The van der Waals surface area contributed by atoms with Gasteiger partial charge in [0.25, 0.3) is 0 Å². The molecule has 1 N–H and O–H groups in total. The van der Waals surface area contributed by atoms with Crippen LogP contribution in [0.2, 0.25) is 0 Å². The Kier molecular flexibility index (Phi) is 5.17. The first-order valence-corrected chi connectivity index (χ1v) is 7.96. The maximum atomic E-state index is 4.34. The van der Waals surface area contributed by atoms with E-state index in [0.717, 1.165) is 19.6 Å². The first-order chi connectivity index (χ1) is 9.57. The molecule has 0 aliphatic carbocycles. The molecule has 3 nitrogen and oxygen atoms in total. The van der Waals surface area contributed by atoms with E-state index in [0.29, 0.717) is 6.04 Å². The first-order valence-electron chi connectivity index (χ1n) is 7.96. The Bertz CT molecular complexity index is 432. The fraction of sp³-hybridized carbons (Fsp3) is 0.706. The van der Waals surface area contributed by atoms with E-state index in [-0.39, 0.29) is 5.54 Å². The molecule has 1 saturated heterocycles. The maximum absolute atomic E-state index is 4.34. The predicted octanol–water partition coefficient (Wildman–Crippen LogP) is 3.13. The molecular formula is C17H29N3. The van der Waals surface area contributed by atoms with Gasteiger partial charge in [0, 0.05) is 43.6 Å². The number of pyridine rings is 1.